The van der Waals surface area contributed by atoms with Gasteiger partial charge in [0.15, 0.2) is 0 Å². The van der Waals surface area contributed by atoms with Gasteiger partial charge in [-0.2, -0.15) is 0 Å². The standard InChI is InChI=1S/C14H14NOP/c1-16-13-8-6-11(7-9-13)10-12-4-2-3-5-14(12)17-15/h2-9,15H,10H2,1H3. The monoisotopic (exact) mass is 243 g/mol. The van der Waals surface area contributed by atoms with E-state index in [1.807, 2.05) is 30.3 Å². The molecule has 0 heterocycles. The molecule has 0 unspecified atom stereocenters. The molecule has 0 aliphatic rings. The van der Waals surface area contributed by atoms with Crippen LogP contribution in [0.4, 0.5) is 0 Å². The van der Waals surface area contributed by atoms with Crippen LogP contribution in [0.2, 0.25) is 0 Å². The first-order valence-electron chi connectivity index (χ1n) is 5.42. The van der Waals surface area contributed by atoms with Crippen molar-refractivity contribution in [2.24, 2.45) is 0 Å². The maximum Gasteiger partial charge on any atom is 0.118 e. The van der Waals surface area contributed by atoms with Gasteiger partial charge < -0.3 is 4.74 Å². The third-order valence-electron chi connectivity index (χ3n) is 2.67. The molecule has 0 saturated carbocycles. The average Bonchev–Trinajstić information content (AvgIpc) is 2.40. The van der Waals surface area contributed by atoms with Gasteiger partial charge in [-0.15, -0.1) is 0 Å². The van der Waals surface area contributed by atoms with Crippen LogP contribution in [0.1, 0.15) is 11.1 Å². The van der Waals surface area contributed by atoms with Crippen molar-refractivity contribution in [1.29, 1.82) is 5.16 Å². The first-order chi connectivity index (χ1) is 8.33. The molecule has 3 heteroatoms. The zero-order valence-corrected chi connectivity index (χ0v) is 10.6. The predicted octanol–water partition coefficient (Wildman–Crippen LogP) is 3.62. The topological polar surface area (TPSA) is 33.1 Å². The van der Waals surface area contributed by atoms with Crippen LogP contribution in [0.3, 0.4) is 0 Å². The predicted molar refractivity (Wildman–Crippen MR) is 71.5 cm³/mol. The van der Waals surface area contributed by atoms with Crippen LogP contribution < -0.4 is 10.0 Å². The maximum absolute atomic E-state index is 7.47. The Morgan fingerprint density at radius 1 is 1.06 bits per heavy atom. The van der Waals surface area contributed by atoms with Crippen LogP contribution in [0, 0.1) is 5.16 Å². The number of benzene rings is 2. The molecule has 17 heavy (non-hydrogen) atoms. The van der Waals surface area contributed by atoms with Crippen molar-refractivity contribution in [3.8, 4) is 5.75 Å². The minimum absolute atomic E-state index is 0.576. The number of methoxy groups -OCH3 is 1. The minimum atomic E-state index is 0.576. The van der Waals surface area contributed by atoms with Crippen LogP contribution >= 0.6 is 8.37 Å². The van der Waals surface area contributed by atoms with E-state index in [2.05, 4.69) is 18.2 Å². The lowest BCUT2D eigenvalue weighted by Crippen LogP contribution is -2.02. The second kappa shape index (κ2) is 5.60. The highest BCUT2D eigenvalue weighted by Crippen LogP contribution is 2.15. The Morgan fingerprint density at radius 2 is 1.76 bits per heavy atom. The largest absolute Gasteiger partial charge is 0.497 e. The van der Waals surface area contributed by atoms with Crippen molar-refractivity contribution in [3.63, 3.8) is 0 Å². The Kier molecular flexibility index (Phi) is 3.89. The second-order valence-electron chi connectivity index (χ2n) is 3.77. The van der Waals surface area contributed by atoms with E-state index in [0.29, 0.717) is 8.37 Å². The highest BCUT2D eigenvalue weighted by Gasteiger charge is 2.01. The van der Waals surface area contributed by atoms with Crippen molar-refractivity contribution in [1.82, 2.24) is 0 Å². The Labute approximate surface area is 103 Å². The average molecular weight is 243 g/mol. The van der Waals surface area contributed by atoms with Gasteiger partial charge in [-0.25, -0.2) is 0 Å². The SMILES string of the molecule is COc1ccc(Cc2ccccc2P=N)cc1. The zero-order chi connectivity index (χ0) is 12.1. The molecule has 0 radical (unpaired) electrons. The Hall–Kier alpha value is -1.66. The molecule has 0 spiro atoms. The van der Waals surface area contributed by atoms with Crippen molar-refractivity contribution in [3.05, 3.63) is 59.7 Å². The van der Waals surface area contributed by atoms with Gasteiger partial charge in [-0.05, 0) is 35.7 Å². The van der Waals surface area contributed by atoms with Gasteiger partial charge in [0.1, 0.15) is 5.75 Å². The van der Waals surface area contributed by atoms with E-state index >= 15 is 0 Å². The fourth-order valence-corrected chi connectivity index (χ4v) is 2.19. The van der Waals surface area contributed by atoms with Gasteiger partial charge >= 0.3 is 0 Å². The molecule has 0 aromatic heterocycles. The van der Waals surface area contributed by atoms with Crippen molar-refractivity contribution in [2.75, 3.05) is 7.11 Å². The van der Waals surface area contributed by atoms with Crippen LogP contribution in [-0.4, -0.2) is 7.11 Å². The third-order valence-corrected chi connectivity index (χ3v) is 3.34. The normalized spacial score (nSPS) is 10.4. The summed E-state index contributed by atoms with van der Waals surface area (Å²) in [7, 11) is 2.25. The molecule has 2 aromatic rings. The number of ether oxygens (including phenoxy) is 1. The number of nitrogens with one attached hydrogen (secondary N) is 1. The molecule has 0 amide bonds. The lowest BCUT2D eigenvalue weighted by atomic mass is 10.1. The summed E-state index contributed by atoms with van der Waals surface area (Å²) in [4.78, 5) is 0. The van der Waals surface area contributed by atoms with E-state index in [0.717, 1.165) is 17.5 Å². The van der Waals surface area contributed by atoms with Gasteiger partial charge in [0.25, 0.3) is 0 Å². The van der Waals surface area contributed by atoms with E-state index in [1.165, 1.54) is 11.1 Å². The first kappa shape index (κ1) is 11.8. The number of hydrogen-bond acceptors (Lipinski definition) is 2. The van der Waals surface area contributed by atoms with Gasteiger partial charge in [-0.3, -0.25) is 5.16 Å². The summed E-state index contributed by atoms with van der Waals surface area (Å²) in [6.45, 7) is 0. The van der Waals surface area contributed by atoms with E-state index in [1.54, 1.807) is 7.11 Å². The molecule has 2 aromatic carbocycles. The van der Waals surface area contributed by atoms with Crippen LogP contribution in [-0.2, 0) is 6.42 Å². The molecule has 86 valence electrons. The van der Waals surface area contributed by atoms with E-state index in [-0.39, 0.29) is 0 Å². The molecule has 0 fully saturated rings. The highest BCUT2D eigenvalue weighted by molar-refractivity contribution is 7.35. The summed E-state index contributed by atoms with van der Waals surface area (Å²) in [5.74, 6) is 0.876. The lowest BCUT2D eigenvalue weighted by Gasteiger charge is -2.06. The molecule has 0 saturated heterocycles. The summed E-state index contributed by atoms with van der Waals surface area (Å²) in [5.41, 5.74) is 2.45. The van der Waals surface area contributed by atoms with Gasteiger partial charge in [-0.1, -0.05) is 30.3 Å². The lowest BCUT2D eigenvalue weighted by molar-refractivity contribution is 0.414. The third kappa shape index (κ3) is 2.92. The Bertz CT molecular complexity index is 508. The number of rotatable bonds is 4. The Balaban J connectivity index is 2.22. The summed E-state index contributed by atoms with van der Waals surface area (Å²) in [5, 5.41) is 8.54. The van der Waals surface area contributed by atoms with Crippen LogP contribution in [0.25, 0.3) is 0 Å². The molecular weight excluding hydrogens is 229 g/mol. The molecule has 0 aliphatic carbocycles. The van der Waals surface area contributed by atoms with Crippen LogP contribution in [0.5, 0.6) is 5.75 Å². The minimum Gasteiger partial charge on any atom is -0.497 e. The fourth-order valence-electron chi connectivity index (χ4n) is 1.73. The number of hydrogen-bond donors (Lipinski definition) is 1. The molecule has 1 N–H and O–H groups in total. The summed E-state index contributed by atoms with van der Waals surface area (Å²) in [6, 6.07) is 16.2. The zero-order valence-electron chi connectivity index (χ0n) is 9.68. The molecule has 0 aliphatic heterocycles. The van der Waals surface area contributed by atoms with Gasteiger partial charge in [0, 0.05) is 13.7 Å². The van der Waals surface area contributed by atoms with Gasteiger partial charge in [0.2, 0.25) is 0 Å². The van der Waals surface area contributed by atoms with Crippen molar-refractivity contribution < 1.29 is 4.74 Å². The van der Waals surface area contributed by atoms with Gasteiger partial charge in [0.05, 0.1) is 7.11 Å². The summed E-state index contributed by atoms with van der Waals surface area (Å²) >= 11 is 0. The quantitative estimate of drug-likeness (QED) is 0.817. The fraction of sp³-hybridized carbons (Fsp3) is 0.143. The Morgan fingerprint density at radius 3 is 2.41 bits per heavy atom. The molecular formula is C14H14NOP. The summed E-state index contributed by atoms with van der Waals surface area (Å²) in [6.07, 6.45) is 0.867. The van der Waals surface area contributed by atoms with Crippen molar-refractivity contribution >= 4 is 13.7 Å². The molecule has 0 bridgehead atoms. The van der Waals surface area contributed by atoms with E-state index in [4.69, 9.17) is 9.90 Å². The highest BCUT2D eigenvalue weighted by atomic mass is 31.1. The molecule has 2 rings (SSSR count). The van der Waals surface area contributed by atoms with Crippen molar-refractivity contribution in [2.45, 2.75) is 6.42 Å². The first-order valence-corrected chi connectivity index (χ1v) is 6.31. The van der Waals surface area contributed by atoms with E-state index < -0.39 is 0 Å². The smallest absolute Gasteiger partial charge is 0.118 e. The molecule has 0 atom stereocenters. The summed E-state index contributed by atoms with van der Waals surface area (Å²) < 4.78 is 5.13. The second-order valence-corrected chi connectivity index (χ2v) is 4.47. The molecule has 2 nitrogen and oxygen atoms in total. The van der Waals surface area contributed by atoms with E-state index in [9.17, 15) is 0 Å². The van der Waals surface area contributed by atoms with Crippen LogP contribution in [0.15, 0.2) is 48.5 Å². The maximum atomic E-state index is 7.47.